The van der Waals surface area contributed by atoms with Gasteiger partial charge in [-0.25, -0.2) is 0 Å². The summed E-state index contributed by atoms with van der Waals surface area (Å²) in [6.07, 6.45) is 4.77. The molecule has 0 unspecified atom stereocenters. The van der Waals surface area contributed by atoms with Crippen LogP contribution < -0.4 is 10.9 Å². The molecule has 132 valence electrons. The minimum atomic E-state index is -0.231. The standard InChI is InChI=1S/C20H24N2O2S/c1-3-14-8-9-17-16(10-14)11-18(25-17)20(24)22-21-19(23)12-15-7-5-4-6-13(15)2/h4-7,11,14H,3,8-10,12H2,1-2H3,(H,21,23)(H,22,24)/t14-/m0/s1. The van der Waals surface area contributed by atoms with Crippen molar-refractivity contribution in [3.05, 3.63) is 56.8 Å². The molecule has 0 saturated carbocycles. The summed E-state index contributed by atoms with van der Waals surface area (Å²) in [7, 11) is 0. The lowest BCUT2D eigenvalue weighted by molar-refractivity contribution is -0.121. The van der Waals surface area contributed by atoms with Gasteiger partial charge in [-0.2, -0.15) is 0 Å². The number of carbonyl (C=O) groups is 2. The number of nitrogens with one attached hydrogen (secondary N) is 2. The maximum atomic E-state index is 12.3. The lowest BCUT2D eigenvalue weighted by Crippen LogP contribution is -2.42. The van der Waals surface area contributed by atoms with E-state index >= 15 is 0 Å². The van der Waals surface area contributed by atoms with E-state index in [1.165, 1.54) is 23.3 Å². The molecule has 1 atom stereocenters. The summed E-state index contributed by atoms with van der Waals surface area (Å²) < 4.78 is 0. The van der Waals surface area contributed by atoms with Crippen LogP contribution in [0.3, 0.4) is 0 Å². The first-order chi connectivity index (χ1) is 12.1. The quantitative estimate of drug-likeness (QED) is 0.823. The predicted molar refractivity (Wildman–Crippen MR) is 101 cm³/mol. The zero-order chi connectivity index (χ0) is 17.8. The van der Waals surface area contributed by atoms with Crippen molar-refractivity contribution in [2.45, 2.75) is 46.0 Å². The average molecular weight is 356 g/mol. The molecule has 0 saturated heterocycles. The van der Waals surface area contributed by atoms with Crippen molar-refractivity contribution in [2.75, 3.05) is 0 Å². The van der Waals surface area contributed by atoms with E-state index in [9.17, 15) is 9.59 Å². The van der Waals surface area contributed by atoms with Crippen LogP contribution >= 0.6 is 11.3 Å². The van der Waals surface area contributed by atoms with Crippen LogP contribution in [0.15, 0.2) is 30.3 Å². The minimum Gasteiger partial charge on any atom is -0.273 e. The highest BCUT2D eigenvalue weighted by Crippen LogP contribution is 2.33. The lowest BCUT2D eigenvalue weighted by Gasteiger charge is -2.19. The highest BCUT2D eigenvalue weighted by molar-refractivity contribution is 7.14. The summed E-state index contributed by atoms with van der Waals surface area (Å²) in [5.74, 6) is 0.285. The van der Waals surface area contributed by atoms with E-state index in [2.05, 4.69) is 17.8 Å². The smallest absolute Gasteiger partial charge is 0.273 e. The summed E-state index contributed by atoms with van der Waals surface area (Å²) in [6, 6.07) is 9.74. The van der Waals surface area contributed by atoms with Crippen LogP contribution in [0.5, 0.6) is 0 Å². The van der Waals surface area contributed by atoms with Crippen molar-refractivity contribution in [2.24, 2.45) is 5.92 Å². The van der Waals surface area contributed by atoms with E-state index in [1.807, 2.05) is 37.3 Å². The largest absolute Gasteiger partial charge is 0.279 e. The summed E-state index contributed by atoms with van der Waals surface area (Å²) in [6.45, 7) is 4.19. The third-order valence-corrected chi connectivity index (χ3v) is 6.15. The Kier molecular flexibility index (Phi) is 5.53. The van der Waals surface area contributed by atoms with Crippen molar-refractivity contribution in [3.63, 3.8) is 0 Å². The molecule has 2 amide bonds. The average Bonchev–Trinajstić information content (AvgIpc) is 3.04. The number of amides is 2. The summed E-state index contributed by atoms with van der Waals surface area (Å²) >= 11 is 1.55. The maximum Gasteiger partial charge on any atom is 0.279 e. The number of hydrogen-bond donors (Lipinski definition) is 2. The topological polar surface area (TPSA) is 58.2 Å². The Morgan fingerprint density at radius 1 is 1.24 bits per heavy atom. The van der Waals surface area contributed by atoms with Crippen molar-refractivity contribution in [1.29, 1.82) is 0 Å². The van der Waals surface area contributed by atoms with Crippen LogP contribution in [0.1, 0.15) is 51.0 Å². The van der Waals surface area contributed by atoms with Gasteiger partial charge in [0.2, 0.25) is 5.91 Å². The number of hydrazine groups is 1. The van der Waals surface area contributed by atoms with Gasteiger partial charge in [0.1, 0.15) is 0 Å². The van der Waals surface area contributed by atoms with Gasteiger partial charge in [-0.15, -0.1) is 11.3 Å². The summed E-state index contributed by atoms with van der Waals surface area (Å²) in [5.41, 5.74) is 8.41. The Morgan fingerprint density at radius 3 is 2.80 bits per heavy atom. The normalized spacial score (nSPS) is 16.2. The number of aryl methyl sites for hydroxylation is 2. The molecule has 3 rings (SSSR count). The second kappa shape index (κ2) is 7.83. The molecule has 1 heterocycles. The Balaban J connectivity index is 1.55. The zero-order valence-corrected chi connectivity index (χ0v) is 15.5. The van der Waals surface area contributed by atoms with Crippen molar-refractivity contribution in [1.82, 2.24) is 10.9 Å². The Bertz CT molecular complexity index is 782. The van der Waals surface area contributed by atoms with Crippen molar-refractivity contribution >= 4 is 23.2 Å². The van der Waals surface area contributed by atoms with E-state index in [0.717, 1.165) is 29.9 Å². The Labute approximate surface area is 152 Å². The van der Waals surface area contributed by atoms with Gasteiger partial charge in [0, 0.05) is 4.88 Å². The highest BCUT2D eigenvalue weighted by Gasteiger charge is 2.22. The molecule has 0 aliphatic heterocycles. The monoisotopic (exact) mass is 356 g/mol. The second-order valence-corrected chi connectivity index (χ2v) is 7.82. The van der Waals surface area contributed by atoms with Crippen LogP contribution in [-0.4, -0.2) is 11.8 Å². The highest BCUT2D eigenvalue weighted by atomic mass is 32.1. The lowest BCUT2D eigenvalue weighted by atomic mass is 9.87. The zero-order valence-electron chi connectivity index (χ0n) is 14.7. The number of benzene rings is 1. The molecule has 0 radical (unpaired) electrons. The molecular weight excluding hydrogens is 332 g/mol. The molecule has 0 bridgehead atoms. The van der Waals surface area contributed by atoms with Gasteiger partial charge in [-0.05, 0) is 54.9 Å². The molecule has 1 aromatic carbocycles. The van der Waals surface area contributed by atoms with Crippen LogP contribution in [0.2, 0.25) is 0 Å². The molecule has 5 heteroatoms. The second-order valence-electron chi connectivity index (χ2n) is 6.68. The van der Waals surface area contributed by atoms with Crippen LogP contribution in [-0.2, 0) is 24.1 Å². The molecular formula is C20H24N2O2S. The summed E-state index contributed by atoms with van der Waals surface area (Å²) in [4.78, 5) is 26.4. The van der Waals surface area contributed by atoms with Gasteiger partial charge in [0.15, 0.2) is 0 Å². The number of thiophene rings is 1. The van der Waals surface area contributed by atoms with Gasteiger partial charge >= 0.3 is 0 Å². The maximum absolute atomic E-state index is 12.3. The minimum absolute atomic E-state index is 0.213. The molecule has 2 aromatic rings. The van der Waals surface area contributed by atoms with Crippen LogP contribution in [0.25, 0.3) is 0 Å². The molecule has 2 N–H and O–H groups in total. The first-order valence-electron chi connectivity index (χ1n) is 8.82. The molecule has 0 fully saturated rings. The van der Waals surface area contributed by atoms with E-state index in [-0.39, 0.29) is 18.2 Å². The van der Waals surface area contributed by atoms with Gasteiger partial charge in [0.05, 0.1) is 11.3 Å². The predicted octanol–water partition coefficient (Wildman–Crippen LogP) is 3.58. The Morgan fingerprint density at radius 2 is 2.04 bits per heavy atom. The number of rotatable bonds is 4. The fraction of sp³-hybridized carbons (Fsp3) is 0.400. The number of fused-ring (bicyclic) bond motifs is 1. The number of hydrogen-bond acceptors (Lipinski definition) is 3. The Hall–Kier alpha value is -2.14. The van der Waals surface area contributed by atoms with Gasteiger partial charge in [-0.1, -0.05) is 37.6 Å². The van der Waals surface area contributed by atoms with Crippen molar-refractivity contribution < 1.29 is 9.59 Å². The fourth-order valence-electron chi connectivity index (χ4n) is 3.27. The summed E-state index contributed by atoms with van der Waals surface area (Å²) in [5, 5.41) is 0. The van der Waals surface area contributed by atoms with Gasteiger partial charge < -0.3 is 0 Å². The van der Waals surface area contributed by atoms with Crippen molar-refractivity contribution in [3.8, 4) is 0 Å². The third kappa shape index (κ3) is 4.28. The van der Waals surface area contributed by atoms with E-state index in [0.29, 0.717) is 4.88 Å². The van der Waals surface area contributed by atoms with Crippen LogP contribution in [0.4, 0.5) is 0 Å². The molecule has 4 nitrogen and oxygen atoms in total. The SMILES string of the molecule is CC[C@H]1CCc2sc(C(=O)NNC(=O)Cc3ccccc3C)cc2C1. The number of carbonyl (C=O) groups excluding carboxylic acids is 2. The van der Waals surface area contributed by atoms with Crippen LogP contribution in [0, 0.1) is 12.8 Å². The van der Waals surface area contributed by atoms with E-state index in [4.69, 9.17) is 0 Å². The molecule has 1 aromatic heterocycles. The van der Waals surface area contributed by atoms with Gasteiger partial charge in [-0.3, -0.25) is 20.4 Å². The van der Waals surface area contributed by atoms with E-state index < -0.39 is 0 Å². The third-order valence-electron chi connectivity index (χ3n) is 4.91. The van der Waals surface area contributed by atoms with E-state index in [1.54, 1.807) is 11.3 Å². The first kappa shape index (κ1) is 17.7. The molecule has 25 heavy (non-hydrogen) atoms. The first-order valence-corrected chi connectivity index (χ1v) is 9.63. The van der Waals surface area contributed by atoms with Gasteiger partial charge in [0.25, 0.3) is 5.91 Å². The fourth-order valence-corrected chi connectivity index (χ4v) is 4.38. The molecule has 0 spiro atoms. The molecule has 1 aliphatic carbocycles. The molecule has 1 aliphatic rings.